The van der Waals surface area contributed by atoms with E-state index in [-0.39, 0.29) is 18.2 Å². The van der Waals surface area contributed by atoms with Gasteiger partial charge in [-0.1, -0.05) is 18.2 Å². The number of benzene rings is 1. The predicted octanol–water partition coefficient (Wildman–Crippen LogP) is 2.86. The van der Waals surface area contributed by atoms with Crippen LogP contribution in [-0.2, 0) is 11.3 Å². The van der Waals surface area contributed by atoms with Crippen molar-refractivity contribution in [3.63, 3.8) is 0 Å². The third-order valence-corrected chi connectivity index (χ3v) is 4.75. The van der Waals surface area contributed by atoms with Crippen LogP contribution in [0.25, 0.3) is 5.69 Å². The number of urea groups is 1. The van der Waals surface area contributed by atoms with Crippen LogP contribution in [0.4, 0.5) is 4.79 Å². The summed E-state index contributed by atoms with van der Waals surface area (Å²) in [6.45, 7) is 7.22. The number of rotatable bonds is 5. The molecule has 1 aromatic carbocycles. The molecule has 1 aliphatic heterocycles. The van der Waals surface area contributed by atoms with Gasteiger partial charge in [0.05, 0.1) is 23.5 Å². The lowest BCUT2D eigenvalue weighted by molar-refractivity contribution is 0.0860. The summed E-state index contributed by atoms with van der Waals surface area (Å²) in [4.78, 5) is 12.2. The molecule has 1 saturated heterocycles. The molecule has 6 heteroatoms. The summed E-state index contributed by atoms with van der Waals surface area (Å²) in [7, 11) is 0. The van der Waals surface area contributed by atoms with E-state index >= 15 is 0 Å². The summed E-state index contributed by atoms with van der Waals surface area (Å²) in [6, 6.07) is 9.84. The maximum Gasteiger partial charge on any atom is 0.315 e. The van der Waals surface area contributed by atoms with Gasteiger partial charge in [0, 0.05) is 24.4 Å². The number of hydrogen-bond donors (Lipinski definition) is 2. The number of aryl methyl sites for hydroxylation is 1. The first kappa shape index (κ1) is 17.5. The molecule has 0 aliphatic carbocycles. The summed E-state index contributed by atoms with van der Waals surface area (Å²) in [5.41, 5.74) is 4.03. The van der Waals surface area contributed by atoms with Gasteiger partial charge in [0.15, 0.2) is 0 Å². The van der Waals surface area contributed by atoms with E-state index in [0.29, 0.717) is 6.54 Å². The Morgan fingerprint density at radius 3 is 2.80 bits per heavy atom. The Balaban J connectivity index is 1.61. The van der Waals surface area contributed by atoms with E-state index in [1.807, 2.05) is 55.8 Å². The highest BCUT2D eigenvalue weighted by Gasteiger charge is 2.23. The minimum Gasteiger partial charge on any atom is -0.376 e. The van der Waals surface area contributed by atoms with Crippen LogP contribution in [0.3, 0.4) is 0 Å². The van der Waals surface area contributed by atoms with Crippen molar-refractivity contribution < 1.29 is 9.53 Å². The zero-order valence-electron chi connectivity index (χ0n) is 15.1. The van der Waals surface area contributed by atoms with Crippen molar-refractivity contribution in [2.24, 2.45) is 0 Å². The number of para-hydroxylation sites is 1. The molecule has 0 spiro atoms. The third kappa shape index (κ3) is 4.02. The number of carbonyl (C=O) groups is 1. The first-order valence-electron chi connectivity index (χ1n) is 8.82. The van der Waals surface area contributed by atoms with Gasteiger partial charge in [0.2, 0.25) is 0 Å². The number of hydrogen-bond acceptors (Lipinski definition) is 3. The minimum atomic E-state index is -0.172. The van der Waals surface area contributed by atoms with Crippen molar-refractivity contribution in [1.29, 1.82) is 0 Å². The van der Waals surface area contributed by atoms with E-state index in [2.05, 4.69) is 15.7 Å². The average Bonchev–Trinajstić information content (AvgIpc) is 3.23. The molecule has 0 radical (unpaired) electrons. The smallest absolute Gasteiger partial charge is 0.315 e. The second-order valence-electron chi connectivity index (χ2n) is 6.56. The fraction of sp³-hybridized carbons (Fsp3) is 0.474. The molecule has 0 unspecified atom stereocenters. The molecule has 134 valence electrons. The molecule has 1 aromatic heterocycles. The summed E-state index contributed by atoms with van der Waals surface area (Å²) < 4.78 is 7.53. The van der Waals surface area contributed by atoms with Crippen LogP contribution >= 0.6 is 0 Å². The first-order chi connectivity index (χ1) is 12.1. The molecule has 0 bridgehead atoms. The molecule has 6 nitrogen and oxygen atoms in total. The topological polar surface area (TPSA) is 68.2 Å². The standard InChI is InChI=1S/C19H26N4O2/c1-13-17(15(3)23(22-13)16-8-5-4-6-9-16)12-20-19(24)21-14(2)18-10-7-11-25-18/h4-6,8-9,14,18H,7,10-12H2,1-3H3,(H2,20,21,24)/t14-,18-/m0/s1. The third-order valence-electron chi connectivity index (χ3n) is 4.75. The molecule has 2 heterocycles. The van der Waals surface area contributed by atoms with Crippen LogP contribution in [0.2, 0.25) is 0 Å². The fourth-order valence-corrected chi connectivity index (χ4v) is 3.27. The van der Waals surface area contributed by atoms with E-state index in [0.717, 1.165) is 42.1 Å². The molecule has 1 fully saturated rings. The van der Waals surface area contributed by atoms with Crippen LogP contribution in [-0.4, -0.2) is 34.6 Å². The molecule has 2 amide bonds. The largest absolute Gasteiger partial charge is 0.376 e. The predicted molar refractivity (Wildman–Crippen MR) is 96.8 cm³/mol. The monoisotopic (exact) mass is 342 g/mol. The summed E-state index contributed by atoms with van der Waals surface area (Å²) in [5, 5.41) is 10.5. The zero-order chi connectivity index (χ0) is 17.8. The molecule has 2 atom stereocenters. The average molecular weight is 342 g/mol. The number of nitrogens with zero attached hydrogens (tertiary/aromatic N) is 2. The summed E-state index contributed by atoms with van der Waals surface area (Å²) in [5.74, 6) is 0. The lowest BCUT2D eigenvalue weighted by Crippen LogP contribution is -2.45. The van der Waals surface area contributed by atoms with E-state index in [9.17, 15) is 4.79 Å². The van der Waals surface area contributed by atoms with Crippen LogP contribution in [0.5, 0.6) is 0 Å². The van der Waals surface area contributed by atoms with Crippen molar-refractivity contribution in [3.8, 4) is 5.69 Å². The van der Waals surface area contributed by atoms with E-state index in [1.54, 1.807) is 0 Å². The van der Waals surface area contributed by atoms with Crippen LogP contribution < -0.4 is 10.6 Å². The van der Waals surface area contributed by atoms with Gasteiger partial charge in [-0.25, -0.2) is 9.48 Å². The number of carbonyl (C=O) groups excluding carboxylic acids is 1. The molecule has 3 rings (SSSR count). The van der Waals surface area contributed by atoms with Gasteiger partial charge >= 0.3 is 6.03 Å². The van der Waals surface area contributed by atoms with Crippen molar-refractivity contribution in [1.82, 2.24) is 20.4 Å². The second kappa shape index (κ2) is 7.70. The Morgan fingerprint density at radius 2 is 2.12 bits per heavy atom. The van der Waals surface area contributed by atoms with Gasteiger partial charge < -0.3 is 15.4 Å². The van der Waals surface area contributed by atoms with Crippen molar-refractivity contribution in [3.05, 3.63) is 47.3 Å². The molecule has 0 saturated carbocycles. The van der Waals surface area contributed by atoms with Crippen molar-refractivity contribution in [2.75, 3.05) is 6.61 Å². The summed E-state index contributed by atoms with van der Waals surface area (Å²) >= 11 is 0. The Morgan fingerprint density at radius 1 is 1.36 bits per heavy atom. The minimum absolute atomic E-state index is 0.0109. The maximum absolute atomic E-state index is 12.2. The maximum atomic E-state index is 12.2. The van der Waals surface area contributed by atoms with Gasteiger partial charge in [0.25, 0.3) is 0 Å². The molecule has 2 aromatic rings. The summed E-state index contributed by atoms with van der Waals surface area (Å²) in [6.07, 6.45) is 2.19. The lowest BCUT2D eigenvalue weighted by atomic mass is 10.1. The zero-order valence-corrected chi connectivity index (χ0v) is 15.1. The molecule has 2 N–H and O–H groups in total. The Hall–Kier alpha value is -2.34. The van der Waals surface area contributed by atoms with Crippen LogP contribution in [0, 0.1) is 13.8 Å². The van der Waals surface area contributed by atoms with Crippen molar-refractivity contribution in [2.45, 2.75) is 52.3 Å². The van der Waals surface area contributed by atoms with Gasteiger partial charge in [-0.15, -0.1) is 0 Å². The van der Waals surface area contributed by atoms with Crippen LogP contribution in [0.15, 0.2) is 30.3 Å². The van der Waals surface area contributed by atoms with E-state index < -0.39 is 0 Å². The van der Waals surface area contributed by atoms with Crippen molar-refractivity contribution >= 4 is 6.03 Å². The normalized spacial score (nSPS) is 18.1. The molecular formula is C19H26N4O2. The first-order valence-corrected chi connectivity index (χ1v) is 8.82. The Kier molecular flexibility index (Phi) is 5.38. The second-order valence-corrected chi connectivity index (χ2v) is 6.56. The Labute approximate surface area is 148 Å². The van der Waals surface area contributed by atoms with Gasteiger partial charge in [-0.3, -0.25) is 0 Å². The Bertz CT molecular complexity index is 721. The highest BCUT2D eigenvalue weighted by atomic mass is 16.5. The van der Waals surface area contributed by atoms with Gasteiger partial charge in [0.1, 0.15) is 0 Å². The van der Waals surface area contributed by atoms with E-state index in [1.165, 1.54) is 0 Å². The fourth-order valence-electron chi connectivity index (χ4n) is 3.27. The highest BCUT2D eigenvalue weighted by Crippen LogP contribution is 2.18. The SMILES string of the molecule is Cc1nn(-c2ccccc2)c(C)c1CNC(=O)N[C@@H](C)[C@@H]1CCCO1. The lowest BCUT2D eigenvalue weighted by Gasteiger charge is -2.20. The number of nitrogens with one attached hydrogen (secondary N) is 2. The number of aromatic nitrogens is 2. The number of amides is 2. The highest BCUT2D eigenvalue weighted by molar-refractivity contribution is 5.74. The molecular weight excluding hydrogens is 316 g/mol. The quantitative estimate of drug-likeness (QED) is 0.878. The molecule has 1 aliphatic rings. The van der Waals surface area contributed by atoms with E-state index in [4.69, 9.17) is 4.74 Å². The number of ether oxygens (including phenoxy) is 1. The molecule has 25 heavy (non-hydrogen) atoms. The van der Waals surface area contributed by atoms with Crippen LogP contribution in [0.1, 0.15) is 36.7 Å². The van der Waals surface area contributed by atoms with Gasteiger partial charge in [-0.05, 0) is 45.7 Å². The van der Waals surface area contributed by atoms with Gasteiger partial charge in [-0.2, -0.15) is 5.10 Å².